The van der Waals surface area contributed by atoms with Gasteiger partial charge in [-0.15, -0.1) is 0 Å². The Morgan fingerprint density at radius 3 is 2.20 bits per heavy atom. The van der Waals surface area contributed by atoms with Crippen LogP contribution in [0.1, 0.15) is 16.8 Å². The molecule has 0 saturated heterocycles. The van der Waals surface area contributed by atoms with Crippen LogP contribution in [0, 0.1) is 6.92 Å². The summed E-state index contributed by atoms with van der Waals surface area (Å²) in [6, 6.07) is 31.0. The molecule has 196 valence electrons. The summed E-state index contributed by atoms with van der Waals surface area (Å²) in [4.78, 5) is 4.80. The molecule has 0 fully saturated rings. The topological polar surface area (TPSA) is 86.2 Å². The number of hydrogen-bond acceptors (Lipinski definition) is 6. The van der Waals surface area contributed by atoms with Crippen LogP contribution in [0.2, 0.25) is 0 Å². The molecule has 41 heavy (non-hydrogen) atoms. The van der Waals surface area contributed by atoms with Gasteiger partial charge in [0.05, 0.1) is 35.3 Å². The number of rotatable bonds is 3. The zero-order chi connectivity index (χ0) is 27.1. The van der Waals surface area contributed by atoms with Crippen molar-refractivity contribution in [2.75, 3.05) is 0 Å². The molecule has 1 spiro atoms. The Morgan fingerprint density at radius 1 is 0.732 bits per heavy atom. The molecule has 0 unspecified atom stereocenters. The van der Waals surface area contributed by atoms with Gasteiger partial charge in [-0.25, -0.2) is 4.98 Å². The number of benzene rings is 2. The zero-order valence-corrected chi connectivity index (χ0v) is 21.7. The SMILES string of the molecule is Cc1cc(-c2cccc(Oc3cccc4c3[C@]35c6c(cccc6Oc6cccc([n+]63)O4)Oc3cccc[n+]35)n2)[nH]n1. The van der Waals surface area contributed by atoms with Crippen LogP contribution < -0.4 is 28.1 Å². The van der Waals surface area contributed by atoms with E-state index in [9.17, 15) is 0 Å². The van der Waals surface area contributed by atoms with Crippen LogP contribution in [-0.4, -0.2) is 15.2 Å². The van der Waals surface area contributed by atoms with E-state index in [-0.39, 0.29) is 0 Å². The maximum absolute atomic E-state index is 6.64. The average Bonchev–Trinajstić information content (AvgIpc) is 3.44. The van der Waals surface area contributed by atoms with Crippen molar-refractivity contribution < 1.29 is 28.1 Å². The number of hydrogen-bond donors (Lipinski definition) is 1. The van der Waals surface area contributed by atoms with Crippen LogP contribution in [0.4, 0.5) is 0 Å². The van der Waals surface area contributed by atoms with Gasteiger partial charge in [0.2, 0.25) is 5.88 Å². The highest BCUT2D eigenvalue weighted by Gasteiger charge is 2.70. The molecule has 0 bridgehead atoms. The van der Waals surface area contributed by atoms with Gasteiger partial charge in [-0.3, -0.25) is 5.10 Å². The number of nitrogens with one attached hydrogen (secondary N) is 1. The van der Waals surface area contributed by atoms with Crippen molar-refractivity contribution >= 4 is 0 Å². The standard InChI is InChI=1S/C32H21N5O4/c1-19-18-21(35-34-19)20-8-4-13-26(33-20)38-22-9-5-11-24-30(22)32-31-23(39-27-14-2-3-17-36(27)32)10-6-12-25(31)41-29-16-7-15-28(40-24)37(29)32/h2-18H,1H3,(H,34,35)/q+2/t32-/m1/s1. The fourth-order valence-corrected chi connectivity index (χ4v) is 6.10. The lowest BCUT2D eigenvalue weighted by Gasteiger charge is -2.37. The molecule has 3 aliphatic heterocycles. The molecule has 7 heterocycles. The third kappa shape index (κ3) is 2.94. The molecule has 1 N–H and O–H groups in total. The second-order valence-electron chi connectivity index (χ2n) is 10.1. The lowest BCUT2D eigenvalue weighted by atomic mass is 9.84. The molecule has 2 aromatic carbocycles. The number of aromatic amines is 1. The largest absolute Gasteiger partial charge is 0.438 e. The molecular formula is C32H21N5O4+2. The van der Waals surface area contributed by atoms with E-state index in [0.717, 1.165) is 28.2 Å². The molecule has 9 rings (SSSR count). The van der Waals surface area contributed by atoms with Gasteiger partial charge in [-0.05, 0) is 55.5 Å². The fourth-order valence-electron chi connectivity index (χ4n) is 6.10. The molecule has 6 aromatic rings. The van der Waals surface area contributed by atoms with Crippen LogP contribution in [0.5, 0.6) is 46.5 Å². The Morgan fingerprint density at radius 2 is 1.41 bits per heavy atom. The highest BCUT2D eigenvalue weighted by molar-refractivity contribution is 5.62. The minimum atomic E-state index is -0.979. The number of nitrogens with zero attached hydrogens (tertiary/aromatic N) is 4. The Balaban J connectivity index is 1.33. The minimum Gasteiger partial charge on any atom is -0.438 e. The van der Waals surface area contributed by atoms with Gasteiger partial charge in [-0.2, -0.15) is 5.10 Å². The Labute approximate surface area is 233 Å². The predicted octanol–water partition coefficient (Wildman–Crippen LogP) is 5.76. The molecule has 0 saturated carbocycles. The van der Waals surface area contributed by atoms with Crippen LogP contribution in [0.25, 0.3) is 11.4 Å². The highest BCUT2D eigenvalue weighted by Crippen LogP contribution is 2.55. The van der Waals surface area contributed by atoms with Crippen molar-refractivity contribution in [2.45, 2.75) is 12.6 Å². The summed E-state index contributed by atoms with van der Waals surface area (Å²) in [6.07, 6.45) is 2.01. The first-order valence-corrected chi connectivity index (χ1v) is 13.2. The molecule has 0 aliphatic carbocycles. The first-order chi connectivity index (χ1) is 20.2. The molecular weight excluding hydrogens is 518 g/mol. The zero-order valence-electron chi connectivity index (χ0n) is 21.7. The summed E-state index contributed by atoms with van der Waals surface area (Å²) in [5.74, 6) is 5.01. The van der Waals surface area contributed by atoms with Crippen molar-refractivity contribution in [3.05, 3.63) is 120 Å². The summed E-state index contributed by atoms with van der Waals surface area (Å²) in [5.41, 5.74) is 3.10. The Kier molecular flexibility index (Phi) is 4.28. The maximum atomic E-state index is 6.64. The summed E-state index contributed by atoms with van der Waals surface area (Å²) in [7, 11) is 0. The highest BCUT2D eigenvalue weighted by atomic mass is 16.5. The first-order valence-electron chi connectivity index (χ1n) is 13.2. The molecule has 3 aliphatic rings. The molecule has 4 aromatic heterocycles. The van der Waals surface area contributed by atoms with Gasteiger partial charge < -0.3 is 18.9 Å². The van der Waals surface area contributed by atoms with E-state index in [1.54, 1.807) is 0 Å². The number of aryl methyl sites for hydroxylation is 1. The summed E-state index contributed by atoms with van der Waals surface area (Å²) in [6.45, 7) is 1.93. The van der Waals surface area contributed by atoms with Gasteiger partial charge >= 0.3 is 23.3 Å². The van der Waals surface area contributed by atoms with Crippen LogP contribution in [-0.2, 0) is 5.66 Å². The van der Waals surface area contributed by atoms with E-state index in [0.29, 0.717) is 46.5 Å². The predicted molar refractivity (Wildman–Crippen MR) is 145 cm³/mol. The van der Waals surface area contributed by atoms with Gasteiger partial charge in [0.25, 0.3) is 0 Å². The number of aromatic nitrogens is 5. The summed E-state index contributed by atoms with van der Waals surface area (Å²) < 4.78 is 30.2. The smallest absolute Gasteiger partial charge is 0.438 e. The number of fused-ring (bicyclic) bond motifs is 2. The van der Waals surface area contributed by atoms with Gasteiger partial charge in [0.1, 0.15) is 0 Å². The van der Waals surface area contributed by atoms with Crippen molar-refractivity contribution in [1.82, 2.24) is 15.2 Å². The van der Waals surface area contributed by atoms with E-state index in [4.69, 9.17) is 23.9 Å². The van der Waals surface area contributed by atoms with Gasteiger partial charge in [0.15, 0.2) is 40.3 Å². The summed E-state index contributed by atoms with van der Waals surface area (Å²) in [5, 5.41) is 7.28. The third-order valence-corrected chi connectivity index (χ3v) is 7.65. The van der Waals surface area contributed by atoms with Crippen molar-refractivity contribution in [2.24, 2.45) is 0 Å². The van der Waals surface area contributed by atoms with Crippen LogP contribution >= 0.6 is 0 Å². The molecule has 9 nitrogen and oxygen atoms in total. The van der Waals surface area contributed by atoms with Crippen molar-refractivity contribution in [3.8, 4) is 57.9 Å². The third-order valence-electron chi connectivity index (χ3n) is 7.65. The van der Waals surface area contributed by atoms with E-state index in [2.05, 4.69) is 19.3 Å². The number of H-pyrrole nitrogens is 1. The number of pyridine rings is 3. The first kappa shape index (κ1) is 22.2. The lowest BCUT2D eigenvalue weighted by molar-refractivity contribution is -0.978. The van der Waals surface area contributed by atoms with Crippen LogP contribution in [0.3, 0.4) is 0 Å². The van der Waals surface area contributed by atoms with Crippen LogP contribution in [0.15, 0.2) is 103 Å². The monoisotopic (exact) mass is 539 g/mol. The Bertz CT molecular complexity index is 1980. The van der Waals surface area contributed by atoms with Crippen molar-refractivity contribution in [1.29, 1.82) is 0 Å². The normalized spacial score (nSPS) is 16.6. The minimum absolute atomic E-state index is 0.439. The van der Waals surface area contributed by atoms with E-state index < -0.39 is 5.66 Å². The quantitative estimate of drug-likeness (QED) is 0.287. The van der Waals surface area contributed by atoms with E-state index in [1.807, 2.05) is 110 Å². The Hall–Kier alpha value is -5.70. The fraction of sp³-hybridized carbons (Fsp3) is 0.0625. The second kappa shape index (κ2) is 7.92. The summed E-state index contributed by atoms with van der Waals surface area (Å²) >= 11 is 0. The maximum Gasteiger partial charge on any atom is 0.438 e. The molecule has 1 atom stereocenters. The number of ether oxygens (including phenoxy) is 4. The van der Waals surface area contributed by atoms with E-state index in [1.165, 1.54) is 0 Å². The van der Waals surface area contributed by atoms with Crippen molar-refractivity contribution in [3.63, 3.8) is 0 Å². The average molecular weight is 540 g/mol. The lowest BCUT2D eigenvalue weighted by Crippen LogP contribution is -2.78. The molecule has 0 radical (unpaired) electrons. The molecule has 9 heteroatoms. The van der Waals surface area contributed by atoms with E-state index >= 15 is 0 Å². The van der Waals surface area contributed by atoms with Gasteiger partial charge in [-0.1, -0.05) is 27.3 Å². The van der Waals surface area contributed by atoms with Gasteiger partial charge in [0, 0.05) is 12.1 Å². The second-order valence-corrected chi connectivity index (χ2v) is 10.1. The molecule has 0 amide bonds.